The summed E-state index contributed by atoms with van der Waals surface area (Å²) in [6, 6.07) is 32.7. The predicted molar refractivity (Wildman–Crippen MR) is 165 cm³/mol. The SMILES string of the molecule is CC(C)c1cccc(C(C)C)c1-n1cc(-c2cccc3cccnc23)nc1-c1cccc(-c2ccccc2O)c1. The van der Waals surface area contributed by atoms with E-state index in [0.717, 1.165) is 44.7 Å². The van der Waals surface area contributed by atoms with Gasteiger partial charge in [-0.25, -0.2) is 4.98 Å². The summed E-state index contributed by atoms with van der Waals surface area (Å²) < 4.78 is 2.27. The summed E-state index contributed by atoms with van der Waals surface area (Å²) in [6.45, 7) is 8.98. The lowest BCUT2D eigenvalue weighted by Gasteiger charge is -2.22. The van der Waals surface area contributed by atoms with Gasteiger partial charge in [0.15, 0.2) is 0 Å². The number of aromatic nitrogens is 3. The third-order valence-corrected chi connectivity index (χ3v) is 7.53. The van der Waals surface area contributed by atoms with E-state index in [9.17, 15) is 5.11 Å². The van der Waals surface area contributed by atoms with Crippen LogP contribution in [-0.2, 0) is 0 Å². The van der Waals surface area contributed by atoms with Crippen LogP contribution in [0, 0.1) is 0 Å². The molecule has 198 valence electrons. The molecule has 6 rings (SSSR count). The second-order valence-corrected chi connectivity index (χ2v) is 10.9. The lowest BCUT2D eigenvalue weighted by molar-refractivity contribution is 0.477. The van der Waals surface area contributed by atoms with Gasteiger partial charge in [0.1, 0.15) is 11.6 Å². The van der Waals surface area contributed by atoms with Crippen LogP contribution >= 0.6 is 0 Å². The van der Waals surface area contributed by atoms with Crippen molar-refractivity contribution in [2.24, 2.45) is 0 Å². The smallest absolute Gasteiger partial charge is 0.145 e. The lowest BCUT2D eigenvalue weighted by atomic mass is 9.92. The molecule has 0 aliphatic rings. The molecule has 2 heterocycles. The Morgan fingerprint density at radius 3 is 2.08 bits per heavy atom. The summed E-state index contributed by atoms with van der Waals surface area (Å²) >= 11 is 0. The fourth-order valence-corrected chi connectivity index (χ4v) is 5.53. The van der Waals surface area contributed by atoms with Crippen LogP contribution in [0.2, 0.25) is 0 Å². The van der Waals surface area contributed by atoms with E-state index in [1.54, 1.807) is 6.07 Å². The number of fused-ring (bicyclic) bond motifs is 1. The highest BCUT2D eigenvalue weighted by molar-refractivity contribution is 5.93. The number of benzene rings is 4. The second kappa shape index (κ2) is 10.5. The van der Waals surface area contributed by atoms with E-state index in [1.807, 2.05) is 42.6 Å². The maximum absolute atomic E-state index is 10.6. The molecule has 4 heteroatoms. The highest BCUT2D eigenvalue weighted by Crippen LogP contribution is 2.38. The molecule has 0 fully saturated rings. The van der Waals surface area contributed by atoms with Gasteiger partial charge in [0.05, 0.1) is 16.9 Å². The molecule has 0 saturated heterocycles. The number of imidazole rings is 1. The average molecular weight is 524 g/mol. The molecule has 0 unspecified atom stereocenters. The van der Waals surface area contributed by atoms with Gasteiger partial charge in [-0.3, -0.25) is 9.55 Å². The summed E-state index contributed by atoms with van der Waals surface area (Å²) in [5.41, 5.74) is 9.28. The Labute approximate surface area is 235 Å². The van der Waals surface area contributed by atoms with Gasteiger partial charge in [-0.2, -0.15) is 0 Å². The van der Waals surface area contributed by atoms with Crippen molar-refractivity contribution in [3.63, 3.8) is 0 Å². The number of hydrogen-bond acceptors (Lipinski definition) is 3. The van der Waals surface area contributed by atoms with Crippen molar-refractivity contribution in [1.29, 1.82) is 0 Å². The van der Waals surface area contributed by atoms with Crippen molar-refractivity contribution in [2.75, 3.05) is 0 Å². The first-order valence-electron chi connectivity index (χ1n) is 13.9. The normalized spacial score (nSPS) is 11.6. The third kappa shape index (κ3) is 4.56. The van der Waals surface area contributed by atoms with Crippen molar-refractivity contribution >= 4 is 10.9 Å². The van der Waals surface area contributed by atoms with Crippen molar-refractivity contribution in [2.45, 2.75) is 39.5 Å². The van der Waals surface area contributed by atoms with E-state index in [4.69, 9.17) is 9.97 Å². The topological polar surface area (TPSA) is 50.9 Å². The van der Waals surface area contributed by atoms with Gasteiger partial charge in [-0.15, -0.1) is 0 Å². The molecule has 4 aromatic carbocycles. The molecule has 0 aliphatic carbocycles. The molecule has 40 heavy (non-hydrogen) atoms. The maximum atomic E-state index is 10.6. The third-order valence-electron chi connectivity index (χ3n) is 7.53. The largest absolute Gasteiger partial charge is 0.507 e. The van der Waals surface area contributed by atoms with Crippen molar-refractivity contribution in [1.82, 2.24) is 14.5 Å². The Kier molecular flexibility index (Phi) is 6.69. The minimum absolute atomic E-state index is 0.262. The van der Waals surface area contributed by atoms with Crippen molar-refractivity contribution in [3.05, 3.63) is 121 Å². The molecule has 4 nitrogen and oxygen atoms in total. The molecular formula is C36H33N3O. The first-order valence-corrected chi connectivity index (χ1v) is 13.9. The van der Waals surface area contributed by atoms with Crippen LogP contribution in [0.5, 0.6) is 5.75 Å². The Morgan fingerprint density at radius 1 is 0.675 bits per heavy atom. The first-order chi connectivity index (χ1) is 19.4. The summed E-state index contributed by atoms with van der Waals surface area (Å²) in [5.74, 6) is 1.78. The zero-order valence-electron chi connectivity index (χ0n) is 23.3. The van der Waals surface area contributed by atoms with Crippen LogP contribution in [0.15, 0.2) is 109 Å². The predicted octanol–water partition coefficient (Wildman–Crippen LogP) is 9.37. The molecule has 0 atom stereocenters. The number of phenolic OH excluding ortho intramolecular Hbond substituents is 1. The molecule has 0 saturated carbocycles. The zero-order valence-corrected chi connectivity index (χ0v) is 23.3. The highest BCUT2D eigenvalue weighted by atomic mass is 16.3. The van der Waals surface area contributed by atoms with Crippen molar-refractivity contribution < 1.29 is 5.11 Å². The summed E-state index contributed by atoms with van der Waals surface area (Å²) in [6.07, 6.45) is 4.00. The molecule has 6 aromatic rings. The molecule has 0 amide bonds. The van der Waals surface area contributed by atoms with Crippen LogP contribution in [0.25, 0.3) is 50.4 Å². The number of para-hydroxylation sites is 3. The van der Waals surface area contributed by atoms with Crippen molar-refractivity contribution in [3.8, 4) is 45.2 Å². The van der Waals surface area contributed by atoms with Gasteiger partial charge < -0.3 is 5.11 Å². The number of hydrogen-bond donors (Lipinski definition) is 1. The number of phenols is 1. The maximum Gasteiger partial charge on any atom is 0.145 e. The number of nitrogens with zero attached hydrogens (tertiary/aromatic N) is 3. The Bertz CT molecular complexity index is 1800. The van der Waals surface area contributed by atoms with E-state index in [1.165, 1.54) is 16.8 Å². The average Bonchev–Trinajstić information content (AvgIpc) is 3.42. The number of rotatable bonds is 6. The Balaban J connectivity index is 1.65. The minimum atomic E-state index is 0.262. The number of aromatic hydroxyl groups is 1. The quantitative estimate of drug-likeness (QED) is 0.237. The first kappa shape index (κ1) is 25.6. The minimum Gasteiger partial charge on any atom is -0.507 e. The fourth-order valence-electron chi connectivity index (χ4n) is 5.53. The summed E-state index contributed by atoms with van der Waals surface area (Å²) in [4.78, 5) is 10.0. The molecule has 2 aromatic heterocycles. The van der Waals surface area contributed by atoms with Crippen LogP contribution in [0.4, 0.5) is 0 Å². The van der Waals surface area contributed by atoms with Crippen LogP contribution < -0.4 is 0 Å². The van der Waals surface area contributed by atoms with Gasteiger partial charge >= 0.3 is 0 Å². The highest BCUT2D eigenvalue weighted by Gasteiger charge is 2.22. The van der Waals surface area contributed by atoms with Gasteiger partial charge in [0, 0.05) is 34.5 Å². The molecule has 0 bridgehead atoms. The van der Waals surface area contributed by atoms with Gasteiger partial charge in [0.2, 0.25) is 0 Å². The molecular weight excluding hydrogens is 490 g/mol. The van der Waals surface area contributed by atoms with E-state index in [0.29, 0.717) is 11.8 Å². The van der Waals surface area contributed by atoms with E-state index < -0.39 is 0 Å². The van der Waals surface area contributed by atoms with E-state index in [-0.39, 0.29) is 5.75 Å². The molecule has 0 aliphatic heterocycles. The Hall–Kier alpha value is -4.70. The van der Waals surface area contributed by atoms with Gasteiger partial charge in [-0.05, 0) is 46.7 Å². The Morgan fingerprint density at radius 2 is 1.32 bits per heavy atom. The molecule has 0 radical (unpaired) electrons. The molecule has 0 spiro atoms. The fraction of sp³-hybridized carbons (Fsp3) is 0.167. The van der Waals surface area contributed by atoms with Crippen LogP contribution in [0.3, 0.4) is 0 Å². The van der Waals surface area contributed by atoms with Gasteiger partial charge in [0.25, 0.3) is 0 Å². The lowest BCUT2D eigenvalue weighted by Crippen LogP contribution is -2.07. The number of pyridine rings is 1. The van der Waals surface area contributed by atoms with E-state index >= 15 is 0 Å². The molecule has 1 N–H and O–H groups in total. The van der Waals surface area contributed by atoms with Crippen LogP contribution in [0.1, 0.15) is 50.7 Å². The summed E-state index contributed by atoms with van der Waals surface area (Å²) in [7, 11) is 0. The monoisotopic (exact) mass is 523 g/mol. The zero-order chi connectivity index (χ0) is 27.8. The van der Waals surface area contributed by atoms with Crippen LogP contribution in [-0.4, -0.2) is 19.6 Å². The standard InChI is InChI=1S/C36H33N3O/c1-23(2)28-16-9-17-29(24(3)4)35(28)39-22-32(31-18-8-11-25-14-10-20-37-34(25)31)38-36(39)27-13-7-12-26(21-27)30-15-5-6-19-33(30)40/h5-24,40H,1-4H3. The van der Waals surface area contributed by atoms with Gasteiger partial charge in [-0.1, -0.05) is 107 Å². The van der Waals surface area contributed by atoms with E-state index in [2.05, 4.69) is 93.1 Å². The second-order valence-electron chi connectivity index (χ2n) is 10.9. The summed E-state index contributed by atoms with van der Waals surface area (Å²) in [5, 5.41) is 11.7.